The summed E-state index contributed by atoms with van der Waals surface area (Å²) in [6, 6.07) is 6.58. The number of likely N-dealkylation sites (tertiary alicyclic amines) is 1. The molecule has 1 aromatic carbocycles. The molecule has 20 heavy (non-hydrogen) atoms. The smallest absolute Gasteiger partial charge is 0.125 e. The molecular weight excluding hydrogens is 272 g/mol. The largest absolute Gasteiger partial charge is 0.485 e. The van der Waals surface area contributed by atoms with Crippen molar-refractivity contribution >= 4 is 11.6 Å². The van der Waals surface area contributed by atoms with Crippen LogP contribution in [0.5, 0.6) is 5.75 Å². The number of halogens is 1. The molecule has 0 bridgehead atoms. The Hall–Kier alpha value is -0.770. The minimum atomic E-state index is -0.00587. The summed E-state index contributed by atoms with van der Waals surface area (Å²) < 4.78 is 6.38. The first kappa shape index (κ1) is 12.9. The van der Waals surface area contributed by atoms with Crippen LogP contribution in [0.1, 0.15) is 37.3 Å². The Morgan fingerprint density at radius 2 is 2.15 bits per heavy atom. The third-order valence-electron chi connectivity index (χ3n) is 5.01. The average Bonchev–Trinajstić information content (AvgIpc) is 3.11. The fraction of sp³-hybridized carbons (Fsp3) is 0.625. The van der Waals surface area contributed by atoms with Crippen LogP contribution in [0.2, 0.25) is 5.02 Å². The minimum absolute atomic E-state index is 0.00587. The number of nitrogens with one attached hydrogen (secondary N) is 1. The molecule has 2 atom stereocenters. The third-order valence-corrected chi connectivity index (χ3v) is 5.24. The highest BCUT2D eigenvalue weighted by Gasteiger charge is 2.45. The van der Waals surface area contributed by atoms with Gasteiger partial charge in [-0.3, -0.25) is 4.90 Å². The van der Waals surface area contributed by atoms with Crippen LogP contribution in [0, 0.1) is 0 Å². The molecule has 3 heterocycles. The van der Waals surface area contributed by atoms with Gasteiger partial charge in [0, 0.05) is 36.0 Å². The highest BCUT2D eigenvalue weighted by atomic mass is 35.5. The molecule has 1 spiro atoms. The average molecular weight is 293 g/mol. The maximum atomic E-state index is 6.38. The van der Waals surface area contributed by atoms with E-state index in [0.717, 1.165) is 36.7 Å². The zero-order chi connectivity index (χ0) is 13.6. The zero-order valence-electron chi connectivity index (χ0n) is 11.7. The summed E-state index contributed by atoms with van der Waals surface area (Å²) in [4.78, 5) is 2.62. The molecule has 3 nitrogen and oxygen atoms in total. The predicted octanol–water partition coefficient (Wildman–Crippen LogP) is 2.99. The van der Waals surface area contributed by atoms with Gasteiger partial charge in [0.05, 0.1) is 0 Å². The van der Waals surface area contributed by atoms with E-state index in [2.05, 4.69) is 22.3 Å². The second kappa shape index (κ2) is 4.90. The topological polar surface area (TPSA) is 24.5 Å². The van der Waals surface area contributed by atoms with Crippen LogP contribution in [0.25, 0.3) is 0 Å². The van der Waals surface area contributed by atoms with Crippen molar-refractivity contribution < 1.29 is 4.74 Å². The van der Waals surface area contributed by atoms with Crippen molar-refractivity contribution in [2.24, 2.45) is 0 Å². The van der Waals surface area contributed by atoms with Crippen molar-refractivity contribution in [2.75, 3.05) is 26.2 Å². The summed E-state index contributed by atoms with van der Waals surface area (Å²) in [6.45, 7) is 4.45. The van der Waals surface area contributed by atoms with Crippen LogP contribution >= 0.6 is 11.6 Å². The Labute approximate surface area is 125 Å². The molecule has 0 radical (unpaired) electrons. The molecule has 108 valence electrons. The van der Waals surface area contributed by atoms with E-state index in [9.17, 15) is 0 Å². The van der Waals surface area contributed by atoms with Crippen molar-refractivity contribution in [3.8, 4) is 5.75 Å². The van der Waals surface area contributed by atoms with Gasteiger partial charge in [0.15, 0.2) is 0 Å². The summed E-state index contributed by atoms with van der Waals surface area (Å²) in [5.74, 6) is 1.04. The fourth-order valence-electron chi connectivity index (χ4n) is 3.97. The van der Waals surface area contributed by atoms with Gasteiger partial charge in [-0.1, -0.05) is 11.6 Å². The van der Waals surface area contributed by atoms with E-state index in [1.807, 2.05) is 6.07 Å². The lowest BCUT2D eigenvalue weighted by Crippen LogP contribution is -2.46. The van der Waals surface area contributed by atoms with Crippen LogP contribution in [-0.4, -0.2) is 36.7 Å². The third kappa shape index (κ3) is 2.12. The summed E-state index contributed by atoms with van der Waals surface area (Å²) in [6.07, 6.45) is 4.84. The Bertz CT molecular complexity index is 507. The predicted molar refractivity (Wildman–Crippen MR) is 80.5 cm³/mol. The van der Waals surface area contributed by atoms with E-state index in [1.54, 1.807) is 0 Å². The number of fused-ring (bicyclic) bond motifs is 1. The van der Waals surface area contributed by atoms with Crippen molar-refractivity contribution in [3.05, 3.63) is 28.8 Å². The van der Waals surface area contributed by atoms with Gasteiger partial charge in [-0.25, -0.2) is 0 Å². The van der Waals surface area contributed by atoms with Crippen LogP contribution in [-0.2, 0) is 0 Å². The van der Waals surface area contributed by atoms with E-state index >= 15 is 0 Å². The minimum Gasteiger partial charge on any atom is -0.485 e. The summed E-state index contributed by atoms with van der Waals surface area (Å²) in [7, 11) is 0. The molecule has 1 N–H and O–H groups in total. The number of rotatable bonds is 1. The number of benzene rings is 1. The van der Waals surface area contributed by atoms with Gasteiger partial charge in [-0.2, -0.15) is 0 Å². The van der Waals surface area contributed by atoms with Gasteiger partial charge in [0.2, 0.25) is 0 Å². The summed E-state index contributed by atoms with van der Waals surface area (Å²) >= 11 is 6.21. The highest BCUT2D eigenvalue weighted by molar-refractivity contribution is 6.30. The monoisotopic (exact) mass is 292 g/mol. The number of nitrogens with zero attached hydrogens (tertiary/aromatic N) is 1. The molecule has 2 saturated heterocycles. The normalized spacial score (nSPS) is 33.4. The number of ether oxygens (including phenoxy) is 1. The first-order chi connectivity index (χ1) is 9.76. The van der Waals surface area contributed by atoms with Gasteiger partial charge < -0.3 is 10.1 Å². The van der Waals surface area contributed by atoms with E-state index in [0.29, 0.717) is 6.04 Å². The van der Waals surface area contributed by atoms with Crippen LogP contribution in [0.15, 0.2) is 18.2 Å². The quantitative estimate of drug-likeness (QED) is 0.861. The Balaban J connectivity index is 1.74. The van der Waals surface area contributed by atoms with Crippen molar-refractivity contribution in [1.82, 2.24) is 10.2 Å². The fourth-order valence-corrected chi connectivity index (χ4v) is 4.15. The van der Waals surface area contributed by atoms with Crippen LogP contribution in [0.4, 0.5) is 0 Å². The molecule has 2 fully saturated rings. The lowest BCUT2D eigenvalue weighted by Gasteiger charge is -2.42. The molecule has 4 rings (SSSR count). The molecule has 3 aliphatic rings. The van der Waals surface area contributed by atoms with Crippen molar-refractivity contribution in [1.29, 1.82) is 0 Å². The molecule has 0 amide bonds. The molecule has 2 unspecified atom stereocenters. The van der Waals surface area contributed by atoms with Crippen LogP contribution < -0.4 is 10.1 Å². The standard InChI is InChI=1S/C16H21ClN2O/c17-12-3-4-15-13(9-12)14(19-7-1-2-8-19)10-16(20-15)5-6-18-11-16/h3-4,9,14,18H,1-2,5-8,10-11H2. The maximum absolute atomic E-state index is 6.38. The summed E-state index contributed by atoms with van der Waals surface area (Å²) in [5, 5.41) is 4.28. The van der Waals surface area contributed by atoms with Gasteiger partial charge in [0.1, 0.15) is 11.4 Å². The molecule has 0 saturated carbocycles. The first-order valence-electron chi connectivity index (χ1n) is 7.69. The highest BCUT2D eigenvalue weighted by Crippen LogP contribution is 2.46. The Morgan fingerprint density at radius 1 is 1.30 bits per heavy atom. The second-order valence-corrected chi connectivity index (χ2v) is 6.79. The molecule has 3 aliphatic heterocycles. The van der Waals surface area contributed by atoms with Gasteiger partial charge in [-0.05, 0) is 50.7 Å². The lowest BCUT2D eigenvalue weighted by molar-refractivity contribution is 0.0228. The second-order valence-electron chi connectivity index (χ2n) is 6.36. The van der Waals surface area contributed by atoms with Crippen molar-refractivity contribution in [3.63, 3.8) is 0 Å². The molecule has 1 aromatic rings. The van der Waals surface area contributed by atoms with Crippen molar-refractivity contribution in [2.45, 2.75) is 37.3 Å². The molecular formula is C16H21ClN2O. The number of hydrogen-bond acceptors (Lipinski definition) is 3. The summed E-state index contributed by atoms with van der Waals surface area (Å²) in [5.41, 5.74) is 1.28. The van der Waals surface area contributed by atoms with Gasteiger partial charge in [-0.15, -0.1) is 0 Å². The van der Waals surface area contributed by atoms with E-state index in [4.69, 9.17) is 16.3 Å². The maximum Gasteiger partial charge on any atom is 0.125 e. The van der Waals surface area contributed by atoms with E-state index in [1.165, 1.54) is 31.5 Å². The zero-order valence-corrected chi connectivity index (χ0v) is 12.5. The lowest BCUT2D eigenvalue weighted by atomic mass is 9.85. The number of hydrogen-bond donors (Lipinski definition) is 1. The van der Waals surface area contributed by atoms with E-state index in [-0.39, 0.29) is 5.60 Å². The Morgan fingerprint density at radius 3 is 2.90 bits per heavy atom. The van der Waals surface area contributed by atoms with Crippen LogP contribution in [0.3, 0.4) is 0 Å². The van der Waals surface area contributed by atoms with E-state index < -0.39 is 0 Å². The molecule has 0 aliphatic carbocycles. The van der Waals surface area contributed by atoms with Gasteiger partial charge >= 0.3 is 0 Å². The first-order valence-corrected chi connectivity index (χ1v) is 8.07. The molecule has 4 heteroatoms. The molecule has 0 aromatic heterocycles. The van der Waals surface area contributed by atoms with Gasteiger partial charge in [0.25, 0.3) is 0 Å². The Kier molecular flexibility index (Phi) is 3.17. The SMILES string of the molecule is Clc1ccc2c(c1)C(N1CCCC1)CC1(CCNC1)O2.